The van der Waals surface area contributed by atoms with E-state index in [0.717, 1.165) is 12.6 Å². The third-order valence-corrected chi connectivity index (χ3v) is 4.55. The minimum absolute atomic E-state index is 0.625. The van der Waals surface area contributed by atoms with Crippen LogP contribution in [0.3, 0.4) is 0 Å². The Kier molecular flexibility index (Phi) is 5.77. The van der Waals surface area contributed by atoms with E-state index < -0.39 is 0 Å². The molecule has 0 radical (unpaired) electrons. The molecule has 0 aromatic heterocycles. The molecule has 1 saturated heterocycles. The van der Waals surface area contributed by atoms with Gasteiger partial charge in [0.05, 0.1) is 0 Å². The number of nitrogens with zero attached hydrogens (tertiary/aromatic N) is 1. The molecule has 0 aromatic carbocycles. The number of likely N-dealkylation sites (tertiary alicyclic amines) is 1. The van der Waals surface area contributed by atoms with Gasteiger partial charge in [0.1, 0.15) is 0 Å². The quantitative estimate of drug-likeness (QED) is 0.718. The second kappa shape index (κ2) is 6.61. The predicted molar refractivity (Wildman–Crippen MR) is 71.8 cm³/mol. The Balaban J connectivity index is 2.54. The molecule has 0 spiro atoms. The Hall–Kier alpha value is -0.0800. The van der Waals surface area contributed by atoms with E-state index >= 15 is 0 Å². The van der Waals surface area contributed by atoms with E-state index in [9.17, 15) is 0 Å². The molecule has 1 unspecified atom stereocenters. The molecule has 0 saturated carbocycles. The zero-order valence-electron chi connectivity index (χ0n) is 11.7. The maximum absolute atomic E-state index is 3.35. The minimum Gasteiger partial charge on any atom is -0.318 e. The molecule has 1 aliphatic heterocycles. The van der Waals surface area contributed by atoms with Gasteiger partial charge in [-0.3, -0.25) is 4.90 Å². The summed E-state index contributed by atoms with van der Waals surface area (Å²) in [7, 11) is 2.08. The molecule has 0 bridgehead atoms. The summed E-state index contributed by atoms with van der Waals surface area (Å²) >= 11 is 0. The zero-order chi connectivity index (χ0) is 12.0. The molecule has 1 fully saturated rings. The Bertz CT molecular complexity index is 181. The number of rotatable bonds is 7. The van der Waals surface area contributed by atoms with Crippen molar-refractivity contribution in [1.29, 1.82) is 0 Å². The maximum atomic E-state index is 3.35. The van der Waals surface area contributed by atoms with Crippen LogP contribution in [0.5, 0.6) is 0 Å². The first kappa shape index (κ1) is 14.0. The van der Waals surface area contributed by atoms with Gasteiger partial charge >= 0.3 is 0 Å². The highest BCUT2D eigenvalue weighted by molar-refractivity contribution is 4.91. The van der Waals surface area contributed by atoms with Gasteiger partial charge < -0.3 is 5.32 Å². The molecule has 0 aromatic rings. The van der Waals surface area contributed by atoms with Crippen LogP contribution in [0.1, 0.15) is 52.9 Å². The topological polar surface area (TPSA) is 15.3 Å². The Morgan fingerprint density at radius 2 is 1.94 bits per heavy atom. The van der Waals surface area contributed by atoms with Crippen LogP contribution in [0.15, 0.2) is 0 Å². The van der Waals surface area contributed by atoms with Gasteiger partial charge in [-0.1, -0.05) is 27.2 Å². The monoisotopic (exact) mass is 226 g/mol. The first-order valence-corrected chi connectivity index (χ1v) is 7.10. The maximum Gasteiger partial charge on any atom is 0.0220 e. The standard InChI is InChI=1S/C14H30N2/c1-5-8-13(11-15-4)16-10-9-14(6-2,7-3)12-16/h13,15H,5-12H2,1-4H3. The van der Waals surface area contributed by atoms with Crippen LogP contribution in [0, 0.1) is 5.41 Å². The Morgan fingerprint density at radius 3 is 2.38 bits per heavy atom. The van der Waals surface area contributed by atoms with Crippen molar-refractivity contribution in [2.75, 3.05) is 26.7 Å². The fourth-order valence-corrected chi connectivity index (χ4v) is 3.09. The Morgan fingerprint density at radius 1 is 1.25 bits per heavy atom. The SMILES string of the molecule is CCCC(CNC)N1CCC(CC)(CC)C1. The lowest BCUT2D eigenvalue weighted by Gasteiger charge is -2.31. The second-order valence-corrected chi connectivity index (χ2v) is 5.43. The molecule has 2 nitrogen and oxygen atoms in total. The van der Waals surface area contributed by atoms with Gasteiger partial charge in [0, 0.05) is 19.1 Å². The summed E-state index contributed by atoms with van der Waals surface area (Å²) in [6, 6.07) is 0.759. The molecule has 1 N–H and O–H groups in total. The van der Waals surface area contributed by atoms with E-state index in [1.54, 1.807) is 0 Å². The highest BCUT2D eigenvalue weighted by atomic mass is 15.2. The van der Waals surface area contributed by atoms with Gasteiger partial charge in [0.2, 0.25) is 0 Å². The number of hydrogen-bond acceptors (Lipinski definition) is 2. The molecule has 16 heavy (non-hydrogen) atoms. The van der Waals surface area contributed by atoms with Crippen molar-refractivity contribution >= 4 is 0 Å². The third kappa shape index (κ3) is 3.21. The summed E-state index contributed by atoms with van der Waals surface area (Å²) in [5.74, 6) is 0. The van der Waals surface area contributed by atoms with Crippen LogP contribution in [-0.4, -0.2) is 37.6 Å². The molecule has 1 atom stereocenters. The lowest BCUT2D eigenvalue weighted by atomic mass is 9.82. The average Bonchev–Trinajstić information content (AvgIpc) is 2.74. The molecule has 1 heterocycles. The van der Waals surface area contributed by atoms with E-state index in [2.05, 4.69) is 38.0 Å². The third-order valence-electron chi connectivity index (χ3n) is 4.55. The van der Waals surface area contributed by atoms with E-state index in [-0.39, 0.29) is 0 Å². The highest BCUT2D eigenvalue weighted by Crippen LogP contribution is 2.38. The minimum atomic E-state index is 0.625. The summed E-state index contributed by atoms with van der Waals surface area (Å²) in [5, 5.41) is 3.35. The number of hydrogen-bond donors (Lipinski definition) is 1. The van der Waals surface area contributed by atoms with Gasteiger partial charge in [0.15, 0.2) is 0 Å². The molecule has 1 rings (SSSR count). The second-order valence-electron chi connectivity index (χ2n) is 5.43. The smallest absolute Gasteiger partial charge is 0.0220 e. The van der Waals surface area contributed by atoms with Crippen LogP contribution in [0.4, 0.5) is 0 Å². The summed E-state index contributed by atoms with van der Waals surface area (Å²) in [4.78, 5) is 2.73. The van der Waals surface area contributed by atoms with Gasteiger partial charge in [-0.05, 0) is 44.7 Å². The van der Waals surface area contributed by atoms with Crippen LogP contribution < -0.4 is 5.32 Å². The Labute approximate surface area is 102 Å². The van der Waals surface area contributed by atoms with Crippen molar-refractivity contribution in [2.45, 2.75) is 58.9 Å². The van der Waals surface area contributed by atoms with Crippen LogP contribution in [0.2, 0.25) is 0 Å². The lowest BCUT2D eigenvalue weighted by molar-refractivity contribution is 0.183. The first-order valence-electron chi connectivity index (χ1n) is 7.10. The predicted octanol–water partition coefficient (Wildman–Crippen LogP) is 2.89. The average molecular weight is 226 g/mol. The van der Waals surface area contributed by atoms with Crippen molar-refractivity contribution in [3.63, 3.8) is 0 Å². The van der Waals surface area contributed by atoms with E-state index in [1.165, 1.54) is 45.2 Å². The summed E-state index contributed by atoms with van der Waals surface area (Å²) in [6.07, 6.45) is 6.74. The molecule has 96 valence electrons. The van der Waals surface area contributed by atoms with Gasteiger partial charge in [-0.25, -0.2) is 0 Å². The normalized spacial score (nSPS) is 22.5. The van der Waals surface area contributed by atoms with Crippen molar-refractivity contribution in [3.05, 3.63) is 0 Å². The molecular weight excluding hydrogens is 196 g/mol. The summed E-state index contributed by atoms with van der Waals surface area (Å²) < 4.78 is 0. The lowest BCUT2D eigenvalue weighted by Crippen LogP contribution is -2.41. The highest BCUT2D eigenvalue weighted by Gasteiger charge is 2.37. The van der Waals surface area contributed by atoms with Gasteiger partial charge in [-0.2, -0.15) is 0 Å². The van der Waals surface area contributed by atoms with E-state index in [0.29, 0.717) is 5.41 Å². The fourth-order valence-electron chi connectivity index (χ4n) is 3.09. The van der Waals surface area contributed by atoms with Crippen molar-refractivity contribution in [3.8, 4) is 0 Å². The summed E-state index contributed by atoms with van der Waals surface area (Å²) in [5.41, 5.74) is 0.625. The van der Waals surface area contributed by atoms with Crippen molar-refractivity contribution in [2.24, 2.45) is 5.41 Å². The van der Waals surface area contributed by atoms with Crippen molar-refractivity contribution < 1.29 is 0 Å². The van der Waals surface area contributed by atoms with Gasteiger partial charge in [0.25, 0.3) is 0 Å². The van der Waals surface area contributed by atoms with E-state index in [4.69, 9.17) is 0 Å². The fraction of sp³-hybridized carbons (Fsp3) is 1.00. The summed E-state index contributed by atoms with van der Waals surface area (Å²) in [6.45, 7) is 10.8. The van der Waals surface area contributed by atoms with Gasteiger partial charge in [-0.15, -0.1) is 0 Å². The number of nitrogens with one attached hydrogen (secondary N) is 1. The van der Waals surface area contributed by atoms with E-state index in [1.807, 2.05) is 0 Å². The molecule has 1 aliphatic rings. The molecule has 0 aliphatic carbocycles. The largest absolute Gasteiger partial charge is 0.318 e. The molecule has 2 heteroatoms. The first-order chi connectivity index (χ1) is 7.71. The zero-order valence-corrected chi connectivity index (χ0v) is 11.7. The molecular formula is C14H30N2. The van der Waals surface area contributed by atoms with Crippen LogP contribution in [-0.2, 0) is 0 Å². The van der Waals surface area contributed by atoms with Crippen molar-refractivity contribution in [1.82, 2.24) is 10.2 Å². The molecule has 0 amide bonds. The van der Waals surface area contributed by atoms with Crippen LogP contribution >= 0.6 is 0 Å². The van der Waals surface area contributed by atoms with Crippen LogP contribution in [0.25, 0.3) is 0 Å². The number of likely N-dealkylation sites (N-methyl/N-ethyl adjacent to an activating group) is 1.